The molecule has 6 N–H and O–H groups in total. The van der Waals surface area contributed by atoms with Gasteiger partial charge in [0.15, 0.2) is 17.3 Å². The van der Waals surface area contributed by atoms with Crippen molar-refractivity contribution >= 4 is 41.0 Å². The van der Waals surface area contributed by atoms with Crippen LogP contribution >= 0.6 is 0 Å². The Morgan fingerprint density at radius 3 is 1.80 bits per heavy atom. The number of nitrogens with two attached hydrogens (primary N) is 1. The van der Waals surface area contributed by atoms with Gasteiger partial charge >= 0.3 is 0 Å². The third-order valence-electron chi connectivity index (χ3n) is 14.2. The van der Waals surface area contributed by atoms with Crippen molar-refractivity contribution < 1.29 is 43.0 Å². The lowest BCUT2D eigenvalue weighted by Crippen LogP contribution is -2.54. The summed E-state index contributed by atoms with van der Waals surface area (Å²) in [5.41, 5.74) is 8.04. The van der Waals surface area contributed by atoms with Crippen LogP contribution in [0, 0.1) is 22.2 Å². The third-order valence-corrected chi connectivity index (χ3v) is 14.2. The summed E-state index contributed by atoms with van der Waals surface area (Å²) in [5.74, 6) is -4.45. The Labute approximate surface area is 432 Å². The van der Waals surface area contributed by atoms with E-state index in [0.717, 1.165) is 5.56 Å². The Bertz CT molecular complexity index is 3000. The number of Topliss-reactive ketones (excluding diaryl/α,β-unsaturated/α-hetero) is 3. The second kappa shape index (κ2) is 20.8. The van der Waals surface area contributed by atoms with Crippen molar-refractivity contribution in [2.45, 2.75) is 124 Å². The number of rotatable bonds is 3. The number of hydrogen-bond acceptors (Lipinski definition) is 10. The van der Waals surface area contributed by atoms with Crippen molar-refractivity contribution in [3.8, 4) is 34.1 Å². The van der Waals surface area contributed by atoms with Gasteiger partial charge in [-0.3, -0.25) is 33.6 Å². The number of nitrogens with one attached hydrogen (secondary N) is 4. The fraction of sp³-hybridized carbons (Fsp3) is 0.383. The molecule has 11 bridgehead atoms. The summed E-state index contributed by atoms with van der Waals surface area (Å²) in [5, 5.41) is 11.9. The Balaban J connectivity index is 1.29. The van der Waals surface area contributed by atoms with Crippen LogP contribution in [-0.2, 0) is 46.4 Å². The number of ketones is 3. The molecule has 0 saturated heterocycles. The van der Waals surface area contributed by atoms with Crippen LogP contribution < -0.4 is 36.5 Å². The maximum atomic E-state index is 15.5. The molecule has 4 amide bonds. The molecule has 0 aliphatic carbocycles. The summed E-state index contributed by atoms with van der Waals surface area (Å²) in [6.45, 7) is 16.4. The Hall–Kier alpha value is -7.45. The van der Waals surface area contributed by atoms with E-state index in [2.05, 4.69) is 21.3 Å². The van der Waals surface area contributed by atoms with Crippen LogP contribution in [0.1, 0.15) is 121 Å². The molecule has 7 atom stereocenters. The molecule has 7 unspecified atom stereocenters. The molecule has 74 heavy (non-hydrogen) atoms. The van der Waals surface area contributed by atoms with E-state index >= 15 is 14.4 Å². The first kappa shape index (κ1) is 52.9. The predicted octanol–water partition coefficient (Wildman–Crippen LogP) is 8.70. The Morgan fingerprint density at radius 2 is 1.20 bits per heavy atom. The minimum atomic E-state index is -1.44. The average Bonchev–Trinajstić information content (AvgIpc) is 3.34. The molecule has 14 heteroatoms. The van der Waals surface area contributed by atoms with Crippen molar-refractivity contribution in [1.29, 1.82) is 0 Å². The fourth-order valence-electron chi connectivity index (χ4n) is 9.69. The summed E-state index contributed by atoms with van der Waals surface area (Å²) >= 11 is 0. The topological polar surface area (TPSA) is 212 Å². The molecule has 386 valence electrons. The SMILES string of the molecule is CC(C)(C)C(=O)C1NC(=O)C2Cc3ccc(cc3)Oc3cc4cc(c3)C(NC(=O)C(C(C)(C)C)CC(=O)C(NC(=O)C(N)C(C)(C)C)Cc3ccc(cc3)O4)C(=O)CC(C(=O)N2)c2cccc(c2)-c2ccccc21. The number of hydrogen-bond donors (Lipinski definition) is 5. The van der Waals surface area contributed by atoms with Crippen LogP contribution in [-0.4, -0.2) is 59.1 Å². The molecule has 5 aliphatic rings. The van der Waals surface area contributed by atoms with E-state index in [1.54, 1.807) is 99.6 Å². The minimum absolute atomic E-state index is 0.0163. The van der Waals surface area contributed by atoms with Gasteiger partial charge < -0.3 is 36.5 Å². The molecule has 5 aromatic rings. The summed E-state index contributed by atoms with van der Waals surface area (Å²) in [6.07, 6.45) is -0.647. The summed E-state index contributed by atoms with van der Waals surface area (Å²) in [7, 11) is 0. The number of fused-ring (bicyclic) bond motifs is 15. The quantitative estimate of drug-likeness (QED) is 0.116. The molecular formula is C60H67N5O9. The van der Waals surface area contributed by atoms with Crippen molar-refractivity contribution in [2.75, 3.05) is 0 Å². The lowest BCUT2D eigenvalue weighted by molar-refractivity contribution is -0.137. The first-order valence-electron chi connectivity index (χ1n) is 25.3. The van der Waals surface area contributed by atoms with Gasteiger partial charge in [0, 0.05) is 36.7 Å². The van der Waals surface area contributed by atoms with Crippen molar-refractivity contribution in [3.05, 3.63) is 143 Å². The van der Waals surface area contributed by atoms with Crippen LogP contribution in [0.4, 0.5) is 0 Å². The van der Waals surface area contributed by atoms with E-state index in [4.69, 9.17) is 15.2 Å². The molecule has 5 aliphatic heterocycles. The van der Waals surface area contributed by atoms with Gasteiger partial charge in [0.25, 0.3) is 0 Å². The zero-order chi connectivity index (χ0) is 53.4. The van der Waals surface area contributed by atoms with Crippen LogP contribution in [0.15, 0.2) is 115 Å². The molecule has 10 rings (SSSR count). The first-order chi connectivity index (χ1) is 34.8. The fourth-order valence-corrected chi connectivity index (χ4v) is 9.69. The molecule has 0 radical (unpaired) electrons. The summed E-state index contributed by atoms with van der Waals surface area (Å²) < 4.78 is 12.9. The third kappa shape index (κ3) is 12.0. The highest BCUT2D eigenvalue weighted by molar-refractivity contribution is 6.00. The number of carbonyl (C=O) groups is 7. The minimum Gasteiger partial charge on any atom is -0.457 e. The van der Waals surface area contributed by atoms with Gasteiger partial charge in [-0.2, -0.15) is 0 Å². The summed E-state index contributed by atoms with van der Waals surface area (Å²) in [4.78, 5) is 103. The van der Waals surface area contributed by atoms with E-state index in [9.17, 15) is 19.2 Å². The lowest BCUT2D eigenvalue weighted by atomic mass is 9.75. The number of carbonyl (C=O) groups excluding carboxylic acids is 7. The van der Waals surface area contributed by atoms with Gasteiger partial charge in [0.2, 0.25) is 23.6 Å². The maximum Gasteiger partial charge on any atom is 0.243 e. The molecular weight excluding hydrogens is 935 g/mol. The highest BCUT2D eigenvalue weighted by Gasteiger charge is 2.41. The van der Waals surface area contributed by atoms with Crippen LogP contribution in [0.5, 0.6) is 23.0 Å². The van der Waals surface area contributed by atoms with E-state index in [-0.39, 0.29) is 42.1 Å². The van der Waals surface area contributed by atoms with Gasteiger partial charge in [0.1, 0.15) is 41.1 Å². The van der Waals surface area contributed by atoms with Gasteiger partial charge in [-0.15, -0.1) is 0 Å². The van der Waals surface area contributed by atoms with E-state index < -0.39 is 99.9 Å². The molecule has 5 aromatic carbocycles. The maximum absolute atomic E-state index is 15.5. The normalized spacial score (nSPS) is 22.2. The molecule has 14 nitrogen and oxygen atoms in total. The second-order valence-electron chi connectivity index (χ2n) is 23.1. The number of ether oxygens (including phenoxy) is 2. The molecule has 5 heterocycles. The lowest BCUT2D eigenvalue weighted by Gasteiger charge is -2.33. The molecule has 0 aromatic heterocycles. The van der Waals surface area contributed by atoms with E-state index in [1.807, 2.05) is 77.9 Å². The summed E-state index contributed by atoms with van der Waals surface area (Å²) in [6, 6.07) is 27.8. The molecule has 0 spiro atoms. The standard InChI is InChI=1S/C60H67N5O9/c1-58(2,3)45-32-48(66)46(62-57(72)52(61)59(4,5)6)25-33-17-21-38(22-18-33)73-40-28-37-29-41(30-40)74-39-23-19-34(20-24-39)26-47-56(71)65-51(53(68)60(7,8)9)43-16-11-10-15-42(43)35-13-12-14-36(27-35)44(54(69)63-47)31-49(67)50(37)64-55(45)70/h10-24,27-30,44-47,50-52H,25-26,31-32,61H2,1-9H3,(H,62,72)(H,63,69)(H,64,70)(H,65,71). The highest BCUT2D eigenvalue weighted by Crippen LogP contribution is 2.39. The van der Waals surface area contributed by atoms with Crippen LogP contribution in [0.3, 0.4) is 0 Å². The number of benzene rings is 5. The highest BCUT2D eigenvalue weighted by atomic mass is 16.5. The van der Waals surface area contributed by atoms with Gasteiger partial charge in [-0.25, -0.2) is 0 Å². The van der Waals surface area contributed by atoms with Crippen molar-refractivity contribution in [2.24, 2.45) is 27.9 Å². The zero-order valence-corrected chi connectivity index (χ0v) is 43.6. The molecule has 0 fully saturated rings. The predicted molar refractivity (Wildman–Crippen MR) is 281 cm³/mol. The second-order valence-corrected chi connectivity index (χ2v) is 23.1. The van der Waals surface area contributed by atoms with Gasteiger partial charge in [0.05, 0.1) is 18.0 Å². The Kier molecular flexibility index (Phi) is 14.9. The molecule has 0 saturated carbocycles. The van der Waals surface area contributed by atoms with E-state index in [1.165, 1.54) is 0 Å². The zero-order valence-electron chi connectivity index (χ0n) is 43.6. The van der Waals surface area contributed by atoms with Crippen molar-refractivity contribution in [1.82, 2.24) is 21.3 Å². The average molecular weight is 1000 g/mol. The van der Waals surface area contributed by atoms with Crippen molar-refractivity contribution in [3.63, 3.8) is 0 Å². The first-order valence-corrected chi connectivity index (χ1v) is 25.3. The Morgan fingerprint density at radius 1 is 0.595 bits per heavy atom. The van der Waals surface area contributed by atoms with Gasteiger partial charge in [-0.05, 0) is 92.6 Å². The largest absolute Gasteiger partial charge is 0.457 e. The van der Waals surface area contributed by atoms with Gasteiger partial charge in [-0.1, -0.05) is 135 Å². The smallest absolute Gasteiger partial charge is 0.243 e. The monoisotopic (exact) mass is 1000 g/mol. The van der Waals surface area contributed by atoms with Crippen LogP contribution in [0.25, 0.3) is 11.1 Å². The number of amides is 4. The van der Waals surface area contributed by atoms with Crippen LogP contribution in [0.2, 0.25) is 0 Å². The van der Waals surface area contributed by atoms with E-state index in [0.29, 0.717) is 39.3 Å².